The second-order valence-corrected chi connectivity index (χ2v) is 6.10. The molecule has 2 rings (SSSR count). The van der Waals surface area contributed by atoms with Crippen LogP contribution in [-0.2, 0) is 16.0 Å². The van der Waals surface area contributed by atoms with E-state index in [-0.39, 0.29) is 18.4 Å². The van der Waals surface area contributed by atoms with Crippen LogP contribution in [0, 0.1) is 0 Å². The molecule has 0 unspecified atom stereocenters. The van der Waals surface area contributed by atoms with Crippen LogP contribution in [0.2, 0.25) is 0 Å². The van der Waals surface area contributed by atoms with Crippen LogP contribution < -0.4 is 10.2 Å². The second-order valence-electron chi connectivity index (χ2n) is 5.18. The molecule has 0 aromatic heterocycles. The zero-order chi connectivity index (χ0) is 16.8. The number of hydrogen-bond donors (Lipinski definition) is 1. The van der Waals surface area contributed by atoms with Crippen molar-refractivity contribution in [2.45, 2.75) is 20.3 Å². The van der Waals surface area contributed by atoms with Gasteiger partial charge in [0.2, 0.25) is 11.8 Å². The molecule has 0 fully saturated rings. The Labute approximate surface area is 144 Å². The van der Waals surface area contributed by atoms with Gasteiger partial charge in [0.15, 0.2) is 0 Å². The van der Waals surface area contributed by atoms with Crippen molar-refractivity contribution in [3.05, 3.63) is 58.6 Å². The van der Waals surface area contributed by atoms with Crippen LogP contribution in [0.5, 0.6) is 0 Å². The number of carbonyl (C=O) groups excluding carboxylic acids is 2. The Morgan fingerprint density at radius 3 is 2.17 bits per heavy atom. The highest BCUT2D eigenvalue weighted by atomic mass is 79.9. The predicted molar refractivity (Wildman–Crippen MR) is 96.6 cm³/mol. The summed E-state index contributed by atoms with van der Waals surface area (Å²) < 4.78 is 0.921. The van der Waals surface area contributed by atoms with E-state index >= 15 is 0 Å². The molecule has 0 aliphatic carbocycles. The SMILES string of the molecule is CCc1ccc(NC(=O)CN(C(C)=O)c2ccc(Br)cc2)cc1. The lowest BCUT2D eigenvalue weighted by Crippen LogP contribution is -2.36. The molecule has 0 heterocycles. The lowest BCUT2D eigenvalue weighted by molar-refractivity contribution is -0.120. The van der Waals surface area contributed by atoms with Crippen LogP contribution in [0.15, 0.2) is 53.0 Å². The maximum atomic E-state index is 12.2. The van der Waals surface area contributed by atoms with Crippen LogP contribution in [0.1, 0.15) is 19.4 Å². The highest BCUT2D eigenvalue weighted by molar-refractivity contribution is 9.10. The van der Waals surface area contributed by atoms with Gasteiger partial charge in [-0.1, -0.05) is 35.0 Å². The number of nitrogens with zero attached hydrogens (tertiary/aromatic N) is 1. The van der Waals surface area contributed by atoms with Crippen molar-refractivity contribution in [3.63, 3.8) is 0 Å². The lowest BCUT2D eigenvalue weighted by Gasteiger charge is -2.20. The predicted octanol–water partition coefficient (Wildman–Crippen LogP) is 4.00. The Kier molecular flexibility index (Phi) is 5.93. The molecule has 0 aliphatic rings. The third kappa shape index (κ3) is 4.93. The van der Waals surface area contributed by atoms with Crippen LogP contribution in [0.25, 0.3) is 0 Å². The average Bonchev–Trinajstić information content (AvgIpc) is 2.54. The summed E-state index contributed by atoms with van der Waals surface area (Å²) in [4.78, 5) is 25.5. The third-order valence-electron chi connectivity index (χ3n) is 3.47. The van der Waals surface area contributed by atoms with Crippen LogP contribution >= 0.6 is 15.9 Å². The van der Waals surface area contributed by atoms with Crippen molar-refractivity contribution < 1.29 is 9.59 Å². The largest absolute Gasteiger partial charge is 0.325 e. The van der Waals surface area contributed by atoms with E-state index in [4.69, 9.17) is 0 Å². The summed E-state index contributed by atoms with van der Waals surface area (Å²) in [6.07, 6.45) is 0.954. The highest BCUT2D eigenvalue weighted by Gasteiger charge is 2.15. The normalized spacial score (nSPS) is 10.2. The van der Waals surface area contributed by atoms with E-state index < -0.39 is 0 Å². The van der Waals surface area contributed by atoms with Gasteiger partial charge in [-0.2, -0.15) is 0 Å². The molecule has 1 N–H and O–H groups in total. The van der Waals surface area contributed by atoms with E-state index in [1.54, 1.807) is 12.1 Å². The molecule has 2 aromatic carbocycles. The molecular formula is C18H19BrN2O2. The van der Waals surface area contributed by atoms with Crippen molar-refractivity contribution in [3.8, 4) is 0 Å². The Balaban J connectivity index is 2.05. The topological polar surface area (TPSA) is 49.4 Å². The van der Waals surface area contributed by atoms with Crippen LogP contribution in [0.3, 0.4) is 0 Å². The van der Waals surface area contributed by atoms with E-state index in [2.05, 4.69) is 28.2 Å². The standard InChI is InChI=1S/C18H19BrN2O2/c1-3-14-4-8-16(9-5-14)20-18(23)12-21(13(2)22)17-10-6-15(19)7-11-17/h4-11H,3,12H2,1-2H3,(H,20,23). The molecule has 0 atom stereocenters. The van der Waals surface area contributed by atoms with Crippen LogP contribution in [0.4, 0.5) is 11.4 Å². The summed E-state index contributed by atoms with van der Waals surface area (Å²) in [5, 5.41) is 2.82. The first kappa shape index (κ1) is 17.2. The van der Waals surface area contributed by atoms with E-state index in [1.165, 1.54) is 17.4 Å². The molecule has 2 aromatic rings. The van der Waals surface area contributed by atoms with Crippen molar-refractivity contribution in [1.82, 2.24) is 0 Å². The maximum Gasteiger partial charge on any atom is 0.244 e. The molecular weight excluding hydrogens is 356 g/mol. The number of benzene rings is 2. The van der Waals surface area contributed by atoms with E-state index in [1.807, 2.05) is 36.4 Å². The van der Waals surface area contributed by atoms with Gasteiger partial charge in [-0.3, -0.25) is 9.59 Å². The van der Waals surface area contributed by atoms with Crippen molar-refractivity contribution >= 4 is 39.1 Å². The quantitative estimate of drug-likeness (QED) is 0.859. The number of carbonyl (C=O) groups is 2. The highest BCUT2D eigenvalue weighted by Crippen LogP contribution is 2.19. The number of amides is 2. The molecule has 0 aliphatic heterocycles. The fraction of sp³-hybridized carbons (Fsp3) is 0.222. The molecule has 120 valence electrons. The van der Waals surface area contributed by atoms with Crippen molar-refractivity contribution in [2.24, 2.45) is 0 Å². The zero-order valence-electron chi connectivity index (χ0n) is 13.2. The van der Waals surface area contributed by atoms with Gasteiger partial charge in [-0.15, -0.1) is 0 Å². The van der Waals surface area contributed by atoms with Crippen LogP contribution in [-0.4, -0.2) is 18.4 Å². The van der Waals surface area contributed by atoms with Crippen molar-refractivity contribution in [2.75, 3.05) is 16.8 Å². The summed E-state index contributed by atoms with van der Waals surface area (Å²) in [7, 11) is 0. The first-order chi connectivity index (χ1) is 11.0. The average molecular weight is 375 g/mol. The minimum atomic E-state index is -0.229. The van der Waals surface area contributed by atoms with Gasteiger partial charge in [0, 0.05) is 22.8 Å². The smallest absolute Gasteiger partial charge is 0.244 e. The summed E-state index contributed by atoms with van der Waals surface area (Å²) in [5.41, 5.74) is 2.63. The summed E-state index contributed by atoms with van der Waals surface area (Å²) >= 11 is 3.36. The number of hydrogen-bond acceptors (Lipinski definition) is 2. The maximum absolute atomic E-state index is 12.2. The molecule has 5 heteroatoms. The van der Waals surface area contributed by atoms with Gasteiger partial charge in [0.05, 0.1) is 0 Å². The number of anilines is 2. The Morgan fingerprint density at radius 2 is 1.65 bits per heavy atom. The first-order valence-electron chi connectivity index (χ1n) is 7.42. The monoisotopic (exact) mass is 374 g/mol. The lowest BCUT2D eigenvalue weighted by atomic mass is 10.1. The molecule has 0 radical (unpaired) electrons. The van der Waals surface area contributed by atoms with E-state index in [0.29, 0.717) is 5.69 Å². The third-order valence-corrected chi connectivity index (χ3v) is 3.99. The van der Waals surface area contributed by atoms with E-state index in [0.717, 1.165) is 16.6 Å². The van der Waals surface area contributed by atoms with Gasteiger partial charge >= 0.3 is 0 Å². The Bertz CT molecular complexity index is 681. The van der Waals surface area contributed by atoms with Crippen molar-refractivity contribution in [1.29, 1.82) is 0 Å². The molecule has 2 amide bonds. The molecule has 0 saturated carbocycles. The molecule has 0 bridgehead atoms. The van der Waals surface area contributed by atoms with Gasteiger partial charge < -0.3 is 10.2 Å². The number of halogens is 1. The van der Waals surface area contributed by atoms with Gasteiger partial charge in [-0.25, -0.2) is 0 Å². The second kappa shape index (κ2) is 7.92. The molecule has 0 spiro atoms. The Hall–Kier alpha value is -2.14. The van der Waals surface area contributed by atoms with Gasteiger partial charge in [-0.05, 0) is 48.4 Å². The summed E-state index contributed by atoms with van der Waals surface area (Å²) in [6, 6.07) is 15.0. The van der Waals surface area contributed by atoms with E-state index in [9.17, 15) is 9.59 Å². The fourth-order valence-corrected chi connectivity index (χ4v) is 2.44. The van der Waals surface area contributed by atoms with Gasteiger partial charge in [0.25, 0.3) is 0 Å². The fourth-order valence-electron chi connectivity index (χ4n) is 2.17. The summed E-state index contributed by atoms with van der Waals surface area (Å²) in [6.45, 7) is 3.51. The number of rotatable bonds is 5. The minimum absolute atomic E-state index is 0.0213. The Morgan fingerprint density at radius 1 is 1.04 bits per heavy atom. The molecule has 4 nitrogen and oxygen atoms in total. The van der Waals surface area contributed by atoms with Gasteiger partial charge in [0.1, 0.15) is 6.54 Å². The number of aryl methyl sites for hydroxylation is 1. The first-order valence-corrected chi connectivity index (χ1v) is 8.21. The summed E-state index contributed by atoms with van der Waals surface area (Å²) in [5.74, 6) is -0.406. The minimum Gasteiger partial charge on any atom is -0.325 e. The molecule has 0 saturated heterocycles. The molecule has 23 heavy (non-hydrogen) atoms. The number of nitrogens with one attached hydrogen (secondary N) is 1. The zero-order valence-corrected chi connectivity index (χ0v) is 14.8.